The number of anilines is 1. The number of hydrogen-bond acceptors (Lipinski definition) is 4. The number of aromatic nitrogens is 3. The molecule has 0 saturated carbocycles. The van der Waals surface area contributed by atoms with Gasteiger partial charge in [0.2, 0.25) is 0 Å². The van der Waals surface area contributed by atoms with E-state index in [0.29, 0.717) is 0 Å². The van der Waals surface area contributed by atoms with Gasteiger partial charge in [-0.3, -0.25) is 4.98 Å². The van der Waals surface area contributed by atoms with Gasteiger partial charge in [0.1, 0.15) is 11.6 Å². The summed E-state index contributed by atoms with van der Waals surface area (Å²) in [5.41, 5.74) is 2.05. The Balaban J connectivity index is 2.25. The maximum Gasteiger partial charge on any atom is 0.133 e. The zero-order valence-corrected chi connectivity index (χ0v) is 12.5. The van der Waals surface area contributed by atoms with E-state index in [9.17, 15) is 0 Å². The van der Waals surface area contributed by atoms with Gasteiger partial charge in [-0.25, -0.2) is 9.97 Å². The first-order valence-electron chi connectivity index (χ1n) is 7.09. The molecule has 4 heteroatoms. The van der Waals surface area contributed by atoms with Crippen LogP contribution in [0.5, 0.6) is 0 Å². The minimum Gasteiger partial charge on any atom is -0.373 e. The fraction of sp³-hybridized carbons (Fsp3) is 0.235. The van der Waals surface area contributed by atoms with Crippen LogP contribution in [0.2, 0.25) is 0 Å². The van der Waals surface area contributed by atoms with Crippen LogP contribution in [0.15, 0.2) is 42.7 Å². The van der Waals surface area contributed by atoms with Crippen LogP contribution in [0.4, 0.5) is 5.82 Å². The van der Waals surface area contributed by atoms with E-state index in [0.717, 1.165) is 33.7 Å². The summed E-state index contributed by atoms with van der Waals surface area (Å²) in [6, 6.07) is 10.2. The fourth-order valence-corrected chi connectivity index (χ4v) is 2.34. The number of hydrogen-bond donors (Lipinski definition) is 1. The molecule has 0 saturated heterocycles. The van der Waals surface area contributed by atoms with Gasteiger partial charge in [-0.1, -0.05) is 32.0 Å². The van der Waals surface area contributed by atoms with Crippen LogP contribution < -0.4 is 5.32 Å². The van der Waals surface area contributed by atoms with Crippen LogP contribution in [-0.4, -0.2) is 22.0 Å². The van der Waals surface area contributed by atoms with Gasteiger partial charge in [-0.2, -0.15) is 0 Å². The maximum absolute atomic E-state index is 4.73. The predicted octanol–water partition coefficient (Wildman–Crippen LogP) is 3.86. The number of rotatable bonds is 3. The van der Waals surface area contributed by atoms with Crippen molar-refractivity contribution in [3.8, 4) is 11.3 Å². The van der Waals surface area contributed by atoms with Crippen molar-refractivity contribution < 1.29 is 0 Å². The van der Waals surface area contributed by atoms with Crippen LogP contribution in [0.25, 0.3) is 22.0 Å². The number of pyridine rings is 1. The van der Waals surface area contributed by atoms with Gasteiger partial charge in [0.25, 0.3) is 0 Å². The highest BCUT2D eigenvalue weighted by atomic mass is 15.0. The Morgan fingerprint density at radius 2 is 1.95 bits per heavy atom. The molecule has 0 unspecified atom stereocenters. The predicted molar refractivity (Wildman–Crippen MR) is 86.4 cm³/mol. The lowest BCUT2D eigenvalue weighted by atomic mass is 10.0. The SMILES string of the molecule is CNc1cc(-c2cccc3cnccc23)nc(C(C)C)n1. The highest BCUT2D eigenvalue weighted by molar-refractivity contribution is 5.95. The Labute approximate surface area is 124 Å². The highest BCUT2D eigenvalue weighted by Gasteiger charge is 2.11. The first-order chi connectivity index (χ1) is 10.2. The molecule has 0 bridgehead atoms. The van der Waals surface area contributed by atoms with E-state index in [2.05, 4.69) is 41.3 Å². The zero-order valence-electron chi connectivity index (χ0n) is 12.5. The lowest BCUT2D eigenvalue weighted by Gasteiger charge is -2.11. The van der Waals surface area contributed by atoms with E-state index < -0.39 is 0 Å². The minimum absolute atomic E-state index is 0.286. The Morgan fingerprint density at radius 1 is 1.10 bits per heavy atom. The lowest BCUT2D eigenvalue weighted by molar-refractivity contribution is 0.778. The van der Waals surface area contributed by atoms with Gasteiger partial charge < -0.3 is 5.32 Å². The molecule has 0 fully saturated rings. The molecule has 4 nitrogen and oxygen atoms in total. The van der Waals surface area contributed by atoms with Crippen molar-refractivity contribution in [2.45, 2.75) is 19.8 Å². The van der Waals surface area contributed by atoms with Gasteiger partial charge in [0, 0.05) is 42.4 Å². The number of nitrogens with zero attached hydrogens (tertiary/aromatic N) is 3. The highest BCUT2D eigenvalue weighted by Crippen LogP contribution is 2.28. The topological polar surface area (TPSA) is 50.7 Å². The Morgan fingerprint density at radius 3 is 2.71 bits per heavy atom. The molecule has 1 aromatic carbocycles. The summed E-state index contributed by atoms with van der Waals surface area (Å²) in [6.07, 6.45) is 3.69. The van der Waals surface area contributed by atoms with Crippen LogP contribution in [-0.2, 0) is 0 Å². The second-order valence-electron chi connectivity index (χ2n) is 5.30. The summed E-state index contributed by atoms with van der Waals surface area (Å²) < 4.78 is 0. The molecule has 0 aliphatic heterocycles. The maximum atomic E-state index is 4.73. The smallest absolute Gasteiger partial charge is 0.133 e. The molecule has 3 aromatic rings. The van der Waals surface area contributed by atoms with Crippen LogP contribution in [0, 0.1) is 0 Å². The number of fused-ring (bicyclic) bond motifs is 1. The van der Waals surface area contributed by atoms with Crippen molar-refractivity contribution in [3.63, 3.8) is 0 Å². The molecule has 106 valence electrons. The molecule has 1 N–H and O–H groups in total. The van der Waals surface area contributed by atoms with E-state index in [4.69, 9.17) is 4.98 Å². The Kier molecular flexibility index (Phi) is 3.52. The molecular formula is C17H18N4. The van der Waals surface area contributed by atoms with Gasteiger partial charge in [-0.15, -0.1) is 0 Å². The van der Waals surface area contributed by atoms with Crippen LogP contribution >= 0.6 is 0 Å². The van der Waals surface area contributed by atoms with Crippen molar-refractivity contribution in [1.29, 1.82) is 0 Å². The molecular weight excluding hydrogens is 260 g/mol. The van der Waals surface area contributed by atoms with E-state index >= 15 is 0 Å². The average molecular weight is 278 g/mol. The first kappa shape index (κ1) is 13.5. The number of nitrogens with one attached hydrogen (secondary N) is 1. The minimum atomic E-state index is 0.286. The molecule has 0 atom stereocenters. The summed E-state index contributed by atoms with van der Waals surface area (Å²) in [5, 5.41) is 5.39. The third-order valence-electron chi connectivity index (χ3n) is 3.47. The summed E-state index contributed by atoms with van der Waals surface area (Å²) in [5.74, 6) is 1.98. The normalized spacial score (nSPS) is 11.0. The van der Waals surface area contributed by atoms with Gasteiger partial charge in [0.05, 0.1) is 5.69 Å². The van der Waals surface area contributed by atoms with Crippen molar-refractivity contribution in [2.75, 3.05) is 12.4 Å². The van der Waals surface area contributed by atoms with Crippen molar-refractivity contribution in [3.05, 3.63) is 48.5 Å². The second-order valence-corrected chi connectivity index (χ2v) is 5.30. The Hall–Kier alpha value is -2.49. The van der Waals surface area contributed by atoms with Gasteiger partial charge >= 0.3 is 0 Å². The largest absolute Gasteiger partial charge is 0.373 e. The molecule has 21 heavy (non-hydrogen) atoms. The third-order valence-corrected chi connectivity index (χ3v) is 3.47. The summed E-state index contributed by atoms with van der Waals surface area (Å²) in [6.45, 7) is 4.21. The van der Waals surface area contributed by atoms with E-state index in [-0.39, 0.29) is 5.92 Å². The molecule has 0 aliphatic rings. The van der Waals surface area contributed by atoms with Gasteiger partial charge in [0.15, 0.2) is 0 Å². The monoisotopic (exact) mass is 278 g/mol. The number of benzene rings is 1. The summed E-state index contributed by atoms with van der Waals surface area (Å²) in [4.78, 5) is 13.4. The molecule has 0 amide bonds. The molecule has 2 heterocycles. The van der Waals surface area contributed by atoms with Crippen molar-refractivity contribution in [1.82, 2.24) is 15.0 Å². The average Bonchev–Trinajstić information content (AvgIpc) is 2.53. The second kappa shape index (κ2) is 5.48. The summed E-state index contributed by atoms with van der Waals surface area (Å²) in [7, 11) is 1.88. The molecule has 3 rings (SSSR count). The van der Waals surface area contributed by atoms with E-state index in [1.807, 2.05) is 37.6 Å². The van der Waals surface area contributed by atoms with Crippen LogP contribution in [0.3, 0.4) is 0 Å². The first-order valence-corrected chi connectivity index (χ1v) is 7.09. The third kappa shape index (κ3) is 2.57. The van der Waals surface area contributed by atoms with E-state index in [1.165, 1.54) is 0 Å². The van der Waals surface area contributed by atoms with Crippen LogP contribution in [0.1, 0.15) is 25.6 Å². The van der Waals surface area contributed by atoms with E-state index in [1.54, 1.807) is 0 Å². The summed E-state index contributed by atoms with van der Waals surface area (Å²) >= 11 is 0. The zero-order chi connectivity index (χ0) is 14.8. The van der Waals surface area contributed by atoms with Crippen molar-refractivity contribution in [2.24, 2.45) is 0 Å². The van der Waals surface area contributed by atoms with Crippen molar-refractivity contribution >= 4 is 16.6 Å². The lowest BCUT2D eigenvalue weighted by Crippen LogP contribution is -2.03. The standard InChI is InChI=1S/C17H18N4/c1-11(2)17-20-15(9-16(18-3)21-17)14-6-4-5-12-10-19-8-7-13(12)14/h4-11H,1-3H3,(H,18,20,21). The molecule has 0 aliphatic carbocycles. The molecule has 2 aromatic heterocycles. The molecule has 0 radical (unpaired) electrons. The fourth-order valence-electron chi connectivity index (χ4n) is 2.34. The van der Waals surface area contributed by atoms with Gasteiger partial charge in [-0.05, 0) is 11.5 Å². The Bertz CT molecular complexity index is 775. The quantitative estimate of drug-likeness (QED) is 0.790. The molecule has 0 spiro atoms.